The first-order valence-corrected chi connectivity index (χ1v) is 5.65. The molecular weight excluding hydrogens is 194 g/mol. The summed E-state index contributed by atoms with van der Waals surface area (Å²) in [6.07, 6.45) is 5.17. The second-order valence-electron chi connectivity index (χ2n) is 3.66. The highest BCUT2D eigenvalue weighted by atomic mass is 16.4. The summed E-state index contributed by atoms with van der Waals surface area (Å²) in [6, 6.07) is 0. The van der Waals surface area contributed by atoms with E-state index in [4.69, 9.17) is 5.11 Å². The van der Waals surface area contributed by atoms with Crippen molar-refractivity contribution in [3.05, 3.63) is 0 Å². The van der Waals surface area contributed by atoms with Crippen LogP contribution in [0.3, 0.4) is 0 Å². The van der Waals surface area contributed by atoms with Crippen LogP contribution in [0.25, 0.3) is 0 Å². The van der Waals surface area contributed by atoms with Crippen LogP contribution in [-0.2, 0) is 9.59 Å². The average molecular weight is 215 g/mol. The Labute approximate surface area is 91.1 Å². The van der Waals surface area contributed by atoms with E-state index < -0.39 is 5.97 Å². The second-order valence-corrected chi connectivity index (χ2v) is 3.66. The Morgan fingerprint density at radius 2 is 1.67 bits per heavy atom. The molecule has 0 radical (unpaired) electrons. The fourth-order valence-electron chi connectivity index (χ4n) is 1.27. The molecule has 0 unspecified atom stereocenters. The van der Waals surface area contributed by atoms with Gasteiger partial charge in [0.2, 0.25) is 5.91 Å². The first-order chi connectivity index (χ1) is 7.16. The van der Waals surface area contributed by atoms with E-state index in [1.165, 1.54) is 0 Å². The van der Waals surface area contributed by atoms with Crippen LogP contribution < -0.4 is 5.32 Å². The second kappa shape index (κ2) is 9.49. The van der Waals surface area contributed by atoms with Crippen molar-refractivity contribution >= 4 is 11.9 Å². The van der Waals surface area contributed by atoms with Crippen molar-refractivity contribution in [2.75, 3.05) is 6.54 Å². The molecule has 4 nitrogen and oxygen atoms in total. The van der Waals surface area contributed by atoms with Crippen LogP contribution in [0.5, 0.6) is 0 Å². The number of hydrogen-bond donors (Lipinski definition) is 2. The molecule has 0 fully saturated rings. The molecule has 1 amide bonds. The molecule has 0 aliphatic carbocycles. The summed E-state index contributed by atoms with van der Waals surface area (Å²) >= 11 is 0. The number of hydrogen-bond acceptors (Lipinski definition) is 2. The highest BCUT2D eigenvalue weighted by molar-refractivity contribution is 5.75. The van der Waals surface area contributed by atoms with E-state index in [1.807, 2.05) is 6.92 Å². The van der Waals surface area contributed by atoms with Gasteiger partial charge in [0.25, 0.3) is 0 Å². The Morgan fingerprint density at radius 1 is 1.07 bits per heavy atom. The summed E-state index contributed by atoms with van der Waals surface area (Å²) < 4.78 is 0. The van der Waals surface area contributed by atoms with Gasteiger partial charge >= 0.3 is 5.97 Å². The molecule has 0 saturated carbocycles. The van der Waals surface area contributed by atoms with Crippen molar-refractivity contribution in [3.63, 3.8) is 0 Å². The van der Waals surface area contributed by atoms with Gasteiger partial charge < -0.3 is 10.4 Å². The molecular formula is C11H21NO3. The topological polar surface area (TPSA) is 66.4 Å². The fourth-order valence-corrected chi connectivity index (χ4v) is 1.27. The highest BCUT2D eigenvalue weighted by Crippen LogP contribution is 2.05. The number of unbranched alkanes of at least 4 members (excludes halogenated alkanes) is 3. The van der Waals surface area contributed by atoms with Gasteiger partial charge in [-0.25, -0.2) is 0 Å². The molecule has 0 aromatic heterocycles. The number of aliphatic carboxylic acids is 1. The van der Waals surface area contributed by atoms with Crippen LogP contribution in [-0.4, -0.2) is 23.5 Å². The standard InChI is InChI=1S/C11H21NO3/c1-2-9-12-10(13)7-5-3-4-6-8-11(14)15/h2-9H2,1H3,(H,12,13)(H,14,15). The van der Waals surface area contributed by atoms with Crippen LogP contribution in [0.4, 0.5) is 0 Å². The summed E-state index contributed by atoms with van der Waals surface area (Å²) in [6.45, 7) is 2.77. The summed E-state index contributed by atoms with van der Waals surface area (Å²) in [4.78, 5) is 21.3. The van der Waals surface area contributed by atoms with Crippen molar-refractivity contribution < 1.29 is 14.7 Å². The van der Waals surface area contributed by atoms with E-state index in [9.17, 15) is 9.59 Å². The molecule has 4 heteroatoms. The molecule has 0 aliphatic rings. The first-order valence-electron chi connectivity index (χ1n) is 5.65. The normalized spacial score (nSPS) is 9.93. The lowest BCUT2D eigenvalue weighted by Crippen LogP contribution is -2.23. The maximum atomic E-state index is 11.1. The lowest BCUT2D eigenvalue weighted by atomic mass is 10.1. The molecule has 0 bridgehead atoms. The summed E-state index contributed by atoms with van der Waals surface area (Å²) in [5.41, 5.74) is 0. The molecule has 0 rings (SSSR count). The summed E-state index contributed by atoms with van der Waals surface area (Å²) in [5.74, 6) is -0.634. The molecule has 0 heterocycles. The SMILES string of the molecule is CCCNC(=O)CCCCCCC(=O)O. The monoisotopic (exact) mass is 215 g/mol. The molecule has 0 atom stereocenters. The summed E-state index contributed by atoms with van der Waals surface area (Å²) in [7, 11) is 0. The van der Waals surface area contributed by atoms with Crippen molar-refractivity contribution in [1.29, 1.82) is 0 Å². The highest BCUT2D eigenvalue weighted by Gasteiger charge is 2.00. The predicted octanol–water partition coefficient (Wildman–Crippen LogP) is 1.94. The lowest BCUT2D eigenvalue weighted by molar-refractivity contribution is -0.137. The number of carboxylic acid groups (broad SMARTS) is 1. The van der Waals surface area contributed by atoms with Crippen LogP contribution in [0.1, 0.15) is 51.9 Å². The molecule has 0 aromatic carbocycles. The van der Waals surface area contributed by atoms with Gasteiger partial charge in [0, 0.05) is 19.4 Å². The molecule has 88 valence electrons. The summed E-state index contributed by atoms with van der Waals surface area (Å²) in [5, 5.41) is 11.2. The molecule has 0 spiro atoms. The van der Waals surface area contributed by atoms with Gasteiger partial charge in [0.1, 0.15) is 0 Å². The number of carboxylic acids is 1. The van der Waals surface area contributed by atoms with E-state index in [0.717, 1.165) is 32.2 Å². The zero-order chi connectivity index (χ0) is 11.5. The van der Waals surface area contributed by atoms with Crippen LogP contribution in [0, 0.1) is 0 Å². The third-order valence-electron chi connectivity index (χ3n) is 2.12. The van der Waals surface area contributed by atoms with Gasteiger partial charge in [-0.3, -0.25) is 9.59 Å². The van der Waals surface area contributed by atoms with Crippen LogP contribution in [0.2, 0.25) is 0 Å². The fraction of sp³-hybridized carbons (Fsp3) is 0.818. The van der Waals surface area contributed by atoms with Gasteiger partial charge in [-0.15, -0.1) is 0 Å². The van der Waals surface area contributed by atoms with Gasteiger partial charge in [0.05, 0.1) is 0 Å². The number of carbonyl (C=O) groups is 2. The Balaban J connectivity index is 3.16. The third-order valence-corrected chi connectivity index (χ3v) is 2.12. The van der Waals surface area contributed by atoms with Gasteiger partial charge in [0.15, 0.2) is 0 Å². The lowest BCUT2D eigenvalue weighted by Gasteiger charge is -2.02. The third kappa shape index (κ3) is 10.9. The Hall–Kier alpha value is -1.06. The van der Waals surface area contributed by atoms with Crippen LogP contribution >= 0.6 is 0 Å². The minimum absolute atomic E-state index is 0.107. The molecule has 2 N–H and O–H groups in total. The van der Waals surface area contributed by atoms with Gasteiger partial charge in [-0.05, 0) is 19.3 Å². The zero-order valence-corrected chi connectivity index (χ0v) is 9.42. The number of nitrogens with one attached hydrogen (secondary N) is 1. The maximum Gasteiger partial charge on any atom is 0.303 e. The minimum atomic E-state index is -0.740. The van der Waals surface area contributed by atoms with E-state index >= 15 is 0 Å². The van der Waals surface area contributed by atoms with Crippen molar-refractivity contribution in [2.24, 2.45) is 0 Å². The number of carbonyl (C=O) groups excluding carboxylic acids is 1. The Kier molecular flexibility index (Phi) is 8.82. The van der Waals surface area contributed by atoms with E-state index in [0.29, 0.717) is 12.8 Å². The smallest absolute Gasteiger partial charge is 0.303 e. The average Bonchev–Trinajstić information content (AvgIpc) is 2.19. The zero-order valence-electron chi connectivity index (χ0n) is 9.42. The Morgan fingerprint density at radius 3 is 2.20 bits per heavy atom. The number of rotatable bonds is 9. The molecule has 0 aliphatic heterocycles. The van der Waals surface area contributed by atoms with Crippen molar-refractivity contribution in [3.8, 4) is 0 Å². The molecule has 0 aromatic rings. The van der Waals surface area contributed by atoms with E-state index in [-0.39, 0.29) is 12.3 Å². The maximum absolute atomic E-state index is 11.1. The quantitative estimate of drug-likeness (QED) is 0.578. The van der Waals surface area contributed by atoms with Crippen molar-refractivity contribution in [2.45, 2.75) is 51.9 Å². The van der Waals surface area contributed by atoms with E-state index in [1.54, 1.807) is 0 Å². The van der Waals surface area contributed by atoms with Crippen LogP contribution in [0.15, 0.2) is 0 Å². The molecule has 0 saturated heterocycles. The predicted molar refractivity (Wildman–Crippen MR) is 58.6 cm³/mol. The minimum Gasteiger partial charge on any atom is -0.481 e. The van der Waals surface area contributed by atoms with E-state index in [2.05, 4.69) is 5.32 Å². The number of amides is 1. The largest absolute Gasteiger partial charge is 0.481 e. The van der Waals surface area contributed by atoms with Crippen molar-refractivity contribution in [1.82, 2.24) is 5.32 Å². The van der Waals surface area contributed by atoms with Gasteiger partial charge in [-0.1, -0.05) is 19.8 Å². The molecule has 15 heavy (non-hydrogen) atoms. The Bertz CT molecular complexity index is 192. The first kappa shape index (κ1) is 13.9. The van der Waals surface area contributed by atoms with Gasteiger partial charge in [-0.2, -0.15) is 0 Å².